The molecule has 3 nitrogen and oxygen atoms in total. The van der Waals surface area contributed by atoms with Gasteiger partial charge in [0.1, 0.15) is 12.4 Å². The highest BCUT2D eigenvalue weighted by Gasteiger charge is 2.10. The summed E-state index contributed by atoms with van der Waals surface area (Å²) in [4.78, 5) is 20.9. The van der Waals surface area contributed by atoms with E-state index >= 15 is 0 Å². The average molecular weight is 170 g/mol. The van der Waals surface area contributed by atoms with Gasteiger partial charge in [0.15, 0.2) is 0 Å². The van der Waals surface area contributed by atoms with E-state index in [-0.39, 0.29) is 18.0 Å². The van der Waals surface area contributed by atoms with E-state index in [1.807, 2.05) is 0 Å². The van der Waals surface area contributed by atoms with Crippen LogP contribution in [-0.2, 0) is 14.3 Å². The number of carbonyl (C=O) groups excluding carboxylic acids is 2. The van der Waals surface area contributed by atoms with Gasteiger partial charge in [0.2, 0.25) is 0 Å². The van der Waals surface area contributed by atoms with E-state index in [0.717, 1.165) is 0 Å². The average Bonchev–Trinajstić information content (AvgIpc) is 2.00. The summed E-state index contributed by atoms with van der Waals surface area (Å²) in [6.07, 6.45) is 3.18. The summed E-state index contributed by atoms with van der Waals surface area (Å²) in [5.41, 5.74) is 0. The maximum atomic E-state index is 11.0. The predicted octanol–water partition coefficient (Wildman–Crippen LogP) is 1.33. The van der Waals surface area contributed by atoms with E-state index in [0.29, 0.717) is 6.29 Å². The van der Waals surface area contributed by atoms with Crippen LogP contribution in [0.5, 0.6) is 0 Å². The molecular weight excluding hydrogens is 156 g/mol. The molecule has 0 rings (SSSR count). The lowest BCUT2D eigenvalue weighted by Gasteiger charge is -2.10. The molecule has 0 aromatic rings. The van der Waals surface area contributed by atoms with Gasteiger partial charge in [-0.25, -0.2) is 0 Å². The molecular formula is C9H14O3. The Labute approximate surface area is 72.4 Å². The van der Waals surface area contributed by atoms with E-state index < -0.39 is 0 Å². The summed E-state index contributed by atoms with van der Waals surface area (Å²) < 4.78 is 4.93. The molecule has 0 heterocycles. The Kier molecular flexibility index (Phi) is 5.00. The minimum absolute atomic E-state index is 0.128. The van der Waals surface area contributed by atoms with Crippen molar-refractivity contribution in [1.29, 1.82) is 0 Å². The van der Waals surface area contributed by atoms with Crippen LogP contribution < -0.4 is 0 Å². The van der Waals surface area contributed by atoms with Crippen LogP contribution >= 0.6 is 0 Å². The largest absolute Gasteiger partial charge is 0.458 e. The molecule has 0 aliphatic rings. The minimum atomic E-state index is -0.329. The predicted molar refractivity (Wildman–Crippen MR) is 45.6 cm³/mol. The number of hydrogen-bond acceptors (Lipinski definition) is 3. The smallest absolute Gasteiger partial charge is 0.308 e. The Morgan fingerprint density at radius 1 is 1.33 bits per heavy atom. The Morgan fingerprint density at radius 3 is 2.33 bits per heavy atom. The molecule has 0 saturated heterocycles. The van der Waals surface area contributed by atoms with Crippen LogP contribution in [0.2, 0.25) is 0 Å². The van der Waals surface area contributed by atoms with Gasteiger partial charge >= 0.3 is 5.97 Å². The van der Waals surface area contributed by atoms with Gasteiger partial charge in [0.05, 0.1) is 5.92 Å². The first-order valence-electron chi connectivity index (χ1n) is 3.90. The quantitative estimate of drug-likeness (QED) is 0.363. The Morgan fingerprint density at radius 2 is 1.92 bits per heavy atom. The van der Waals surface area contributed by atoms with E-state index in [1.54, 1.807) is 20.8 Å². The van der Waals surface area contributed by atoms with Crippen LogP contribution in [0.15, 0.2) is 12.2 Å². The summed E-state index contributed by atoms with van der Waals surface area (Å²) in [6, 6.07) is 0. The third kappa shape index (κ3) is 4.66. The van der Waals surface area contributed by atoms with Crippen LogP contribution in [-0.4, -0.2) is 18.4 Å². The van der Waals surface area contributed by atoms with Crippen LogP contribution in [0.25, 0.3) is 0 Å². The third-order valence-corrected chi connectivity index (χ3v) is 1.23. The molecule has 0 amide bonds. The molecule has 0 N–H and O–H groups in total. The van der Waals surface area contributed by atoms with Crippen molar-refractivity contribution in [3.63, 3.8) is 0 Å². The first kappa shape index (κ1) is 10.9. The second kappa shape index (κ2) is 5.52. The van der Waals surface area contributed by atoms with Crippen LogP contribution in [0.1, 0.15) is 20.8 Å². The van der Waals surface area contributed by atoms with Crippen LogP contribution in [0, 0.1) is 5.92 Å². The molecule has 0 aliphatic carbocycles. The lowest BCUT2D eigenvalue weighted by atomic mass is 10.2. The van der Waals surface area contributed by atoms with Crippen molar-refractivity contribution in [2.75, 3.05) is 0 Å². The number of hydrogen-bond donors (Lipinski definition) is 0. The first-order valence-corrected chi connectivity index (χ1v) is 3.90. The fourth-order valence-corrected chi connectivity index (χ4v) is 0.560. The van der Waals surface area contributed by atoms with Gasteiger partial charge in [-0.3, -0.25) is 9.59 Å². The topological polar surface area (TPSA) is 43.4 Å². The molecule has 1 atom stereocenters. The summed E-state index contributed by atoms with van der Waals surface area (Å²) in [5.74, 6) is -0.380. The van der Waals surface area contributed by atoms with Crippen molar-refractivity contribution in [2.24, 2.45) is 5.92 Å². The zero-order valence-corrected chi connectivity index (χ0v) is 7.61. The van der Waals surface area contributed by atoms with Gasteiger partial charge in [0.25, 0.3) is 0 Å². The first-order chi connectivity index (χ1) is 5.57. The summed E-state index contributed by atoms with van der Waals surface area (Å²) in [7, 11) is 0. The number of allylic oxidation sites excluding steroid dienone is 1. The highest BCUT2D eigenvalue weighted by atomic mass is 16.5. The van der Waals surface area contributed by atoms with Crippen LogP contribution in [0.4, 0.5) is 0 Å². The van der Waals surface area contributed by atoms with Crippen molar-refractivity contribution < 1.29 is 14.3 Å². The molecule has 0 spiro atoms. The molecule has 0 radical (unpaired) electrons. The summed E-state index contributed by atoms with van der Waals surface area (Å²) in [5, 5.41) is 0. The summed E-state index contributed by atoms with van der Waals surface area (Å²) >= 11 is 0. The van der Waals surface area contributed by atoms with E-state index in [1.165, 1.54) is 12.2 Å². The molecule has 68 valence electrons. The van der Waals surface area contributed by atoms with Crippen molar-refractivity contribution in [1.82, 2.24) is 0 Å². The fourth-order valence-electron chi connectivity index (χ4n) is 0.560. The van der Waals surface area contributed by atoms with E-state index in [9.17, 15) is 9.59 Å². The second-order valence-electron chi connectivity index (χ2n) is 2.82. The van der Waals surface area contributed by atoms with Crippen molar-refractivity contribution in [2.45, 2.75) is 26.9 Å². The monoisotopic (exact) mass is 170 g/mol. The highest BCUT2D eigenvalue weighted by Crippen LogP contribution is 2.00. The standard InChI is InChI=1S/C9H14O3/c1-7(2)9(11)12-8(3)5-4-6-10/h4-8H,1-3H3. The maximum absolute atomic E-state index is 11.0. The van der Waals surface area contributed by atoms with Gasteiger partial charge < -0.3 is 4.74 Å². The normalized spacial score (nSPS) is 13.3. The minimum Gasteiger partial charge on any atom is -0.458 e. The van der Waals surface area contributed by atoms with E-state index in [2.05, 4.69) is 0 Å². The van der Waals surface area contributed by atoms with Gasteiger partial charge in [-0.15, -0.1) is 0 Å². The van der Waals surface area contributed by atoms with Crippen molar-refractivity contribution >= 4 is 12.3 Å². The summed E-state index contributed by atoms with van der Waals surface area (Å²) in [6.45, 7) is 5.23. The number of rotatable bonds is 4. The third-order valence-electron chi connectivity index (χ3n) is 1.23. The van der Waals surface area contributed by atoms with Gasteiger partial charge in [-0.1, -0.05) is 13.8 Å². The molecule has 1 unspecified atom stereocenters. The van der Waals surface area contributed by atoms with Gasteiger partial charge in [0, 0.05) is 0 Å². The highest BCUT2D eigenvalue weighted by molar-refractivity contribution is 5.72. The number of esters is 1. The maximum Gasteiger partial charge on any atom is 0.308 e. The van der Waals surface area contributed by atoms with Crippen molar-refractivity contribution in [3.8, 4) is 0 Å². The molecule has 0 bridgehead atoms. The molecule has 0 aromatic carbocycles. The molecule has 12 heavy (non-hydrogen) atoms. The molecule has 0 aliphatic heterocycles. The van der Waals surface area contributed by atoms with Gasteiger partial charge in [-0.2, -0.15) is 0 Å². The zero-order chi connectivity index (χ0) is 9.56. The van der Waals surface area contributed by atoms with E-state index in [4.69, 9.17) is 4.74 Å². The van der Waals surface area contributed by atoms with Gasteiger partial charge in [-0.05, 0) is 19.1 Å². The zero-order valence-electron chi connectivity index (χ0n) is 7.61. The molecule has 0 aromatic heterocycles. The number of carbonyl (C=O) groups is 2. The number of ether oxygens (including phenoxy) is 1. The van der Waals surface area contributed by atoms with Crippen molar-refractivity contribution in [3.05, 3.63) is 12.2 Å². The molecule has 3 heteroatoms. The molecule has 0 fully saturated rings. The molecule has 0 saturated carbocycles. The lowest BCUT2D eigenvalue weighted by Crippen LogP contribution is -2.17. The van der Waals surface area contributed by atoms with Crippen LogP contribution in [0.3, 0.4) is 0 Å². The fraction of sp³-hybridized carbons (Fsp3) is 0.556. The Balaban J connectivity index is 3.83. The Bertz CT molecular complexity index is 182. The SMILES string of the molecule is CC(C=CC=O)OC(=O)C(C)C. The number of aldehydes is 1. The Hall–Kier alpha value is -1.12. The lowest BCUT2D eigenvalue weighted by molar-refractivity contribution is -0.149. The second-order valence-corrected chi connectivity index (χ2v) is 2.82.